The monoisotopic (exact) mass is 508 g/mol. The Morgan fingerprint density at radius 1 is 0.632 bits per heavy atom. The number of carbonyl (C=O) groups is 1. The fourth-order valence-electron chi connectivity index (χ4n) is 4.46. The minimum atomic E-state index is -4.45. The predicted octanol–water partition coefficient (Wildman–Crippen LogP) is 9.79. The van der Waals surface area contributed by atoms with E-state index in [9.17, 15) is 18.0 Å². The summed E-state index contributed by atoms with van der Waals surface area (Å²) >= 11 is 0. The lowest BCUT2D eigenvalue weighted by Crippen LogP contribution is -2.07. The van der Waals surface area contributed by atoms with Gasteiger partial charge in [-0.15, -0.1) is 0 Å². The number of hydrogen-bond donors (Lipinski definition) is 0. The average Bonchev–Trinajstić information content (AvgIpc) is 2.91. The van der Waals surface area contributed by atoms with Crippen molar-refractivity contribution >= 4 is 36.7 Å². The Morgan fingerprint density at radius 3 is 1.76 bits per heavy atom. The first kappa shape index (κ1) is 26.6. The van der Waals surface area contributed by atoms with Crippen LogP contribution in [0.3, 0.4) is 0 Å². The largest absolute Gasteiger partial charge is 0.416 e. The molecule has 0 atom stereocenters. The third-order valence-electron chi connectivity index (χ3n) is 6.60. The van der Waals surface area contributed by atoms with Gasteiger partial charge in [0, 0.05) is 5.56 Å². The molecule has 0 spiro atoms. The summed E-state index contributed by atoms with van der Waals surface area (Å²) in [6.07, 6.45) is 5.15. The van der Waals surface area contributed by atoms with Crippen LogP contribution < -0.4 is 0 Å². The van der Waals surface area contributed by atoms with Crippen LogP contribution in [-0.2, 0) is 6.18 Å². The Balaban J connectivity index is 1.70. The molecule has 0 radical (unpaired) electrons. The van der Waals surface area contributed by atoms with Crippen LogP contribution >= 0.6 is 0 Å². The van der Waals surface area contributed by atoms with Crippen molar-refractivity contribution < 1.29 is 18.0 Å². The van der Waals surface area contributed by atoms with E-state index >= 15 is 0 Å². The highest BCUT2D eigenvalue weighted by atomic mass is 19.4. The van der Waals surface area contributed by atoms with Crippen LogP contribution in [0, 0.1) is 13.8 Å². The molecule has 4 aromatic carbocycles. The van der Waals surface area contributed by atoms with Crippen LogP contribution in [0.1, 0.15) is 54.9 Å². The zero-order chi connectivity index (χ0) is 27.3. The number of halogens is 3. The van der Waals surface area contributed by atoms with Gasteiger partial charge in [0.05, 0.1) is 5.56 Å². The molecule has 38 heavy (non-hydrogen) atoms. The van der Waals surface area contributed by atoms with Crippen molar-refractivity contribution in [2.45, 2.75) is 20.0 Å². The number of hydrogen-bond acceptors (Lipinski definition) is 1. The molecular weight excluding hydrogens is 481 g/mol. The first-order chi connectivity index (χ1) is 18.2. The van der Waals surface area contributed by atoms with Gasteiger partial charge in [0.1, 0.15) is 6.29 Å². The fourth-order valence-corrected chi connectivity index (χ4v) is 4.46. The van der Waals surface area contributed by atoms with E-state index < -0.39 is 11.7 Å². The fraction of sp³-hybridized carbons (Fsp3) is 0.0882. The Labute approximate surface area is 221 Å². The summed E-state index contributed by atoms with van der Waals surface area (Å²) in [6, 6.07) is 23.3. The van der Waals surface area contributed by atoms with Crippen LogP contribution in [0.4, 0.5) is 13.2 Å². The van der Waals surface area contributed by atoms with Gasteiger partial charge in [-0.25, -0.2) is 0 Å². The molecule has 0 bridgehead atoms. The van der Waals surface area contributed by atoms with Crippen LogP contribution in [-0.4, -0.2) is 6.29 Å². The van der Waals surface area contributed by atoms with Crippen molar-refractivity contribution in [3.8, 4) is 11.1 Å². The van der Waals surface area contributed by atoms with Crippen molar-refractivity contribution in [1.29, 1.82) is 0 Å². The molecular formula is C34H27F3O. The van der Waals surface area contributed by atoms with Crippen LogP contribution in [0.5, 0.6) is 0 Å². The van der Waals surface area contributed by atoms with Crippen molar-refractivity contribution in [3.63, 3.8) is 0 Å². The molecule has 0 aliphatic carbocycles. The Morgan fingerprint density at radius 2 is 1.18 bits per heavy atom. The minimum Gasteiger partial charge on any atom is -0.298 e. The number of rotatable bonds is 7. The Hall–Kier alpha value is -4.44. The van der Waals surface area contributed by atoms with E-state index in [1.54, 1.807) is 12.1 Å². The lowest BCUT2D eigenvalue weighted by atomic mass is 9.91. The van der Waals surface area contributed by atoms with Gasteiger partial charge in [0.15, 0.2) is 0 Å². The number of carbonyl (C=O) groups excluding carboxylic acids is 1. The van der Waals surface area contributed by atoms with E-state index in [0.717, 1.165) is 51.3 Å². The van der Waals surface area contributed by atoms with Gasteiger partial charge in [0.25, 0.3) is 0 Å². The lowest BCUT2D eigenvalue weighted by Gasteiger charge is -2.14. The van der Waals surface area contributed by atoms with E-state index in [4.69, 9.17) is 0 Å². The summed E-state index contributed by atoms with van der Waals surface area (Å²) in [5, 5.41) is 0. The van der Waals surface area contributed by atoms with Gasteiger partial charge in [0.2, 0.25) is 0 Å². The molecule has 190 valence electrons. The minimum absolute atomic E-state index is 0.0988. The third kappa shape index (κ3) is 5.92. The molecule has 0 aliphatic rings. The quantitative estimate of drug-likeness (QED) is 0.179. The van der Waals surface area contributed by atoms with Gasteiger partial charge < -0.3 is 0 Å². The highest BCUT2D eigenvalue weighted by Gasteiger charge is 2.32. The topological polar surface area (TPSA) is 17.1 Å². The summed E-state index contributed by atoms with van der Waals surface area (Å²) < 4.78 is 40.8. The first-order valence-corrected chi connectivity index (χ1v) is 12.2. The molecule has 0 aliphatic heterocycles. The lowest BCUT2D eigenvalue weighted by molar-refractivity contribution is -0.137. The molecule has 0 heterocycles. The zero-order valence-electron chi connectivity index (χ0n) is 21.2. The standard InChI is InChI=1S/C34H27F3O/c1-4-25-15-19-33(34(35,36)37)30(21-25)18-17-29-11-7-13-32(24(29)3)31-12-6-10-28(23(31)2)16-14-26-8-5-9-27(20-26)22-38/h4-22H,1H2,2-3H3/b16-14+,18-17+. The van der Waals surface area contributed by atoms with Gasteiger partial charge in [-0.1, -0.05) is 97.6 Å². The second-order valence-electron chi connectivity index (χ2n) is 9.04. The second kappa shape index (κ2) is 11.3. The maximum Gasteiger partial charge on any atom is 0.416 e. The third-order valence-corrected chi connectivity index (χ3v) is 6.60. The van der Waals surface area contributed by atoms with Crippen LogP contribution in [0.25, 0.3) is 41.5 Å². The molecule has 0 N–H and O–H groups in total. The SMILES string of the molecule is C=Cc1ccc(C(F)(F)F)c(/C=C/c2cccc(-c3cccc(/C=C/c4cccc(C=O)c4)c3C)c2C)c1. The van der Waals surface area contributed by atoms with Crippen molar-refractivity contribution in [2.75, 3.05) is 0 Å². The molecule has 0 saturated heterocycles. The highest BCUT2D eigenvalue weighted by molar-refractivity contribution is 5.83. The van der Waals surface area contributed by atoms with E-state index in [0.29, 0.717) is 11.1 Å². The molecule has 0 amide bonds. The Kier molecular flexibility index (Phi) is 7.92. The number of benzene rings is 4. The second-order valence-corrected chi connectivity index (χ2v) is 9.04. The summed E-state index contributed by atoms with van der Waals surface area (Å²) in [6.45, 7) is 7.70. The predicted molar refractivity (Wildman–Crippen MR) is 153 cm³/mol. The molecule has 1 nitrogen and oxygen atoms in total. The Bertz CT molecular complexity index is 1550. The van der Waals surface area contributed by atoms with Gasteiger partial charge >= 0.3 is 6.18 Å². The van der Waals surface area contributed by atoms with E-state index in [1.807, 2.05) is 73.7 Å². The van der Waals surface area contributed by atoms with Gasteiger partial charge in [-0.2, -0.15) is 13.2 Å². The van der Waals surface area contributed by atoms with Crippen molar-refractivity contribution in [1.82, 2.24) is 0 Å². The van der Waals surface area contributed by atoms with Gasteiger partial charge in [-0.05, 0) is 82.1 Å². The molecule has 4 rings (SSSR count). The molecule has 4 aromatic rings. The maximum absolute atomic E-state index is 13.6. The van der Waals surface area contributed by atoms with Crippen molar-refractivity contribution in [3.05, 3.63) is 136 Å². The summed E-state index contributed by atoms with van der Waals surface area (Å²) in [7, 11) is 0. The summed E-state index contributed by atoms with van der Waals surface area (Å²) in [5.74, 6) is 0. The summed E-state index contributed by atoms with van der Waals surface area (Å²) in [5.41, 5.74) is 7.59. The maximum atomic E-state index is 13.6. The molecule has 0 saturated carbocycles. The van der Waals surface area contributed by atoms with Crippen LogP contribution in [0.2, 0.25) is 0 Å². The zero-order valence-corrected chi connectivity index (χ0v) is 21.2. The van der Waals surface area contributed by atoms with E-state index in [2.05, 4.69) is 13.5 Å². The molecule has 0 unspecified atom stereocenters. The summed E-state index contributed by atoms with van der Waals surface area (Å²) in [4.78, 5) is 11.1. The van der Waals surface area contributed by atoms with Crippen molar-refractivity contribution in [2.24, 2.45) is 0 Å². The molecule has 0 fully saturated rings. The van der Waals surface area contributed by atoms with E-state index in [1.165, 1.54) is 24.3 Å². The van der Waals surface area contributed by atoms with E-state index in [-0.39, 0.29) is 5.56 Å². The average molecular weight is 509 g/mol. The smallest absolute Gasteiger partial charge is 0.298 e. The van der Waals surface area contributed by atoms with Crippen LogP contribution in [0.15, 0.2) is 85.4 Å². The number of aldehydes is 1. The molecule has 0 aromatic heterocycles. The normalized spacial score (nSPS) is 11.8. The highest BCUT2D eigenvalue weighted by Crippen LogP contribution is 2.35. The number of alkyl halides is 3. The first-order valence-electron chi connectivity index (χ1n) is 12.2. The van der Waals surface area contributed by atoms with Gasteiger partial charge in [-0.3, -0.25) is 4.79 Å². The molecule has 4 heteroatoms.